The zero-order chi connectivity index (χ0) is 17.5. The number of fused-ring (bicyclic) bond motifs is 1. The number of primary sulfonamides is 1. The van der Waals surface area contributed by atoms with Gasteiger partial charge >= 0.3 is 0 Å². The van der Waals surface area contributed by atoms with E-state index in [0.717, 1.165) is 11.4 Å². The standard InChI is InChI=1S/C14H14N6O3S/c1-8-7-9(2)20-14(16-8)18-12(19-20)13(21)17-10-3-5-11(6-4-10)24(15,22)23/h3-7H,1-2H3,(H,17,21)(H2,15,22,23). The fraction of sp³-hybridized carbons (Fsp3) is 0.143. The first kappa shape index (κ1) is 16.0. The summed E-state index contributed by atoms with van der Waals surface area (Å²) in [7, 11) is -3.78. The van der Waals surface area contributed by atoms with E-state index < -0.39 is 15.9 Å². The van der Waals surface area contributed by atoms with Gasteiger partial charge < -0.3 is 5.32 Å². The molecule has 9 nitrogen and oxygen atoms in total. The van der Waals surface area contributed by atoms with E-state index in [-0.39, 0.29) is 10.7 Å². The first-order valence-electron chi connectivity index (χ1n) is 6.89. The summed E-state index contributed by atoms with van der Waals surface area (Å²) in [5.74, 6) is -0.227. The SMILES string of the molecule is Cc1cc(C)n2nc(C(=O)Nc3ccc(S(N)(=O)=O)cc3)nc2n1. The Morgan fingerprint density at radius 2 is 1.83 bits per heavy atom. The average molecular weight is 346 g/mol. The molecule has 3 N–H and O–H groups in total. The minimum absolute atomic E-state index is 0.0354. The van der Waals surface area contributed by atoms with Crippen LogP contribution in [0.3, 0.4) is 0 Å². The lowest BCUT2D eigenvalue weighted by molar-refractivity contribution is 0.101. The number of carbonyl (C=O) groups is 1. The van der Waals surface area contributed by atoms with Crippen LogP contribution in [0.25, 0.3) is 5.78 Å². The number of carbonyl (C=O) groups excluding carboxylic acids is 1. The maximum Gasteiger partial charge on any atom is 0.295 e. The highest BCUT2D eigenvalue weighted by Gasteiger charge is 2.15. The lowest BCUT2D eigenvalue weighted by atomic mass is 10.3. The first-order valence-corrected chi connectivity index (χ1v) is 8.44. The van der Waals surface area contributed by atoms with Crippen molar-refractivity contribution in [3.8, 4) is 0 Å². The molecule has 2 heterocycles. The Hall–Kier alpha value is -2.85. The van der Waals surface area contributed by atoms with Crippen LogP contribution in [-0.4, -0.2) is 33.9 Å². The number of rotatable bonds is 3. The molecule has 0 atom stereocenters. The van der Waals surface area contributed by atoms with Crippen LogP contribution in [0.5, 0.6) is 0 Å². The molecule has 0 aliphatic carbocycles. The van der Waals surface area contributed by atoms with Crippen molar-refractivity contribution in [3.63, 3.8) is 0 Å². The van der Waals surface area contributed by atoms with Crippen molar-refractivity contribution in [3.05, 3.63) is 47.5 Å². The number of hydrogen-bond acceptors (Lipinski definition) is 6. The molecule has 0 fully saturated rings. The lowest BCUT2D eigenvalue weighted by Crippen LogP contribution is -2.15. The Morgan fingerprint density at radius 1 is 1.17 bits per heavy atom. The van der Waals surface area contributed by atoms with Gasteiger partial charge in [-0.2, -0.15) is 4.98 Å². The molecule has 10 heteroatoms. The third kappa shape index (κ3) is 3.09. The van der Waals surface area contributed by atoms with Crippen LogP contribution < -0.4 is 10.5 Å². The molecule has 0 aliphatic rings. The summed E-state index contributed by atoms with van der Waals surface area (Å²) >= 11 is 0. The highest BCUT2D eigenvalue weighted by molar-refractivity contribution is 7.89. The molecule has 0 radical (unpaired) electrons. The average Bonchev–Trinajstić information content (AvgIpc) is 2.91. The topological polar surface area (TPSA) is 132 Å². The molecular formula is C14H14N6O3S. The molecule has 0 bridgehead atoms. The van der Waals surface area contributed by atoms with Crippen molar-refractivity contribution in [1.29, 1.82) is 0 Å². The summed E-state index contributed by atoms with van der Waals surface area (Å²) in [4.78, 5) is 20.5. The summed E-state index contributed by atoms with van der Waals surface area (Å²) < 4.78 is 23.9. The number of benzene rings is 1. The third-order valence-electron chi connectivity index (χ3n) is 3.26. The molecule has 0 spiro atoms. The third-order valence-corrected chi connectivity index (χ3v) is 4.19. The first-order chi connectivity index (χ1) is 11.2. The zero-order valence-corrected chi connectivity index (χ0v) is 13.7. The van der Waals surface area contributed by atoms with Crippen LogP contribution in [0.4, 0.5) is 5.69 Å². The van der Waals surface area contributed by atoms with E-state index in [1.807, 2.05) is 19.9 Å². The second-order valence-electron chi connectivity index (χ2n) is 5.21. The number of hydrogen-bond donors (Lipinski definition) is 2. The summed E-state index contributed by atoms with van der Waals surface area (Å²) in [5.41, 5.74) is 1.98. The summed E-state index contributed by atoms with van der Waals surface area (Å²) in [6.45, 7) is 3.67. The molecule has 1 aromatic carbocycles. The van der Waals surface area contributed by atoms with E-state index in [9.17, 15) is 13.2 Å². The largest absolute Gasteiger partial charge is 0.319 e. The van der Waals surface area contributed by atoms with E-state index in [1.54, 1.807) is 0 Å². The summed E-state index contributed by atoms with van der Waals surface area (Å²) in [6, 6.07) is 7.30. The number of aromatic nitrogens is 4. The van der Waals surface area contributed by atoms with Crippen molar-refractivity contribution in [2.45, 2.75) is 18.7 Å². The van der Waals surface area contributed by atoms with Crippen LogP contribution in [0, 0.1) is 13.8 Å². The molecule has 3 rings (SSSR count). The highest BCUT2D eigenvalue weighted by atomic mass is 32.2. The van der Waals surface area contributed by atoms with Gasteiger partial charge in [0.05, 0.1) is 4.90 Å². The molecule has 2 aromatic heterocycles. The van der Waals surface area contributed by atoms with Crippen molar-refractivity contribution in [2.24, 2.45) is 5.14 Å². The highest BCUT2D eigenvalue weighted by Crippen LogP contribution is 2.14. The van der Waals surface area contributed by atoms with E-state index in [0.29, 0.717) is 11.5 Å². The number of nitrogens with one attached hydrogen (secondary N) is 1. The monoisotopic (exact) mass is 346 g/mol. The molecular weight excluding hydrogens is 332 g/mol. The minimum Gasteiger partial charge on any atom is -0.319 e. The Kier molecular flexibility index (Phi) is 3.78. The minimum atomic E-state index is -3.78. The number of anilines is 1. The van der Waals surface area contributed by atoms with Crippen molar-refractivity contribution >= 4 is 27.4 Å². The van der Waals surface area contributed by atoms with Gasteiger partial charge in [0, 0.05) is 17.1 Å². The fourth-order valence-corrected chi connectivity index (χ4v) is 2.69. The van der Waals surface area contributed by atoms with Gasteiger partial charge in [-0.05, 0) is 44.2 Å². The van der Waals surface area contributed by atoms with Gasteiger partial charge in [0.15, 0.2) is 0 Å². The van der Waals surface area contributed by atoms with Gasteiger partial charge in [-0.15, -0.1) is 5.10 Å². The molecule has 3 aromatic rings. The Balaban J connectivity index is 1.86. The number of nitrogens with two attached hydrogens (primary N) is 1. The normalized spacial score (nSPS) is 11.6. The van der Waals surface area contributed by atoms with Crippen LogP contribution >= 0.6 is 0 Å². The molecule has 0 unspecified atom stereocenters. The van der Waals surface area contributed by atoms with E-state index >= 15 is 0 Å². The lowest BCUT2D eigenvalue weighted by Gasteiger charge is -2.03. The van der Waals surface area contributed by atoms with Gasteiger partial charge in [-0.1, -0.05) is 0 Å². The van der Waals surface area contributed by atoms with Gasteiger partial charge in [-0.25, -0.2) is 23.1 Å². The van der Waals surface area contributed by atoms with Crippen molar-refractivity contribution in [1.82, 2.24) is 19.6 Å². The quantitative estimate of drug-likeness (QED) is 0.715. The van der Waals surface area contributed by atoms with Gasteiger partial charge in [-0.3, -0.25) is 4.79 Å². The molecule has 124 valence electrons. The van der Waals surface area contributed by atoms with Crippen LogP contribution in [0.1, 0.15) is 22.0 Å². The number of nitrogens with zero attached hydrogens (tertiary/aromatic N) is 4. The molecule has 0 aliphatic heterocycles. The number of sulfonamides is 1. The van der Waals surface area contributed by atoms with Crippen LogP contribution in [-0.2, 0) is 10.0 Å². The van der Waals surface area contributed by atoms with Gasteiger partial charge in [0.25, 0.3) is 11.7 Å². The Bertz CT molecular complexity index is 1040. The summed E-state index contributed by atoms with van der Waals surface area (Å²) in [6.07, 6.45) is 0. The van der Waals surface area contributed by atoms with Crippen molar-refractivity contribution in [2.75, 3.05) is 5.32 Å². The zero-order valence-electron chi connectivity index (χ0n) is 12.9. The predicted molar refractivity (Wildman–Crippen MR) is 86.0 cm³/mol. The number of amides is 1. The van der Waals surface area contributed by atoms with Crippen LogP contribution in [0.15, 0.2) is 35.2 Å². The molecule has 1 amide bonds. The van der Waals surface area contributed by atoms with Gasteiger partial charge in [0.2, 0.25) is 15.8 Å². The maximum absolute atomic E-state index is 12.2. The number of aryl methyl sites for hydroxylation is 2. The van der Waals surface area contributed by atoms with Crippen molar-refractivity contribution < 1.29 is 13.2 Å². The Morgan fingerprint density at radius 3 is 2.46 bits per heavy atom. The predicted octanol–water partition coefficient (Wildman–Crippen LogP) is 0.641. The maximum atomic E-state index is 12.2. The van der Waals surface area contributed by atoms with E-state index in [4.69, 9.17) is 5.14 Å². The van der Waals surface area contributed by atoms with Crippen LogP contribution in [0.2, 0.25) is 0 Å². The Labute approximate surface area is 137 Å². The molecule has 0 saturated heterocycles. The fourth-order valence-electron chi connectivity index (χ4n) is 2.18. The molecule has 0 saturated carbocycles. The van der Waals surface area contributed by atoms with Gasteiger partial charge in [0.1, 0.15) is 0 Å². The second kappa shape index (κ2) is 5.65. The smallest absolute Gasteiger partial charge is 0.295 e. The van der Waals surface area contributed by atoms with E-state index in [1.165, 1.54) is 28.8 Å². The molecule has 24 heavy (non-hydrogen) atoms. The summed E-state index contributed by atoms with van der Waals surface area (Å²) in [5, 5.41) is 11.7. The second-order valence-corrected chi connectivity index (χ2v) is 6.77. The van der Waals surface area contributed by atoms with E-state index in [2.05, 4.69) is 20.4 Å².